The second kappa shape index (κ2) is 7.72. The van der Waals surface area contributed by atoms with E-state index in [1.165, 1.54) is 0 Å². The van der Waals surface area contributed by atoms with Gasteiger partial charge in [0.1, 0.15) is 17.8 Å². The van der Waals surface area contributed by atoms with Gasteiger partial charge in [-0.05, 0) is 50.5 Å². The Kier molecular flexibility index (Phi) is 6.07. The molecule has 0 aliphatic carbocycles. The highest BCUT2D eigenvalue weighted by molar-refractivity contribution is 9.10. The molecule has 1 unspecified atom stereocenters. The molecule has 152 valence electrons. The van der Waals surface area contributed by atoms with Crippen molar-refractivity contribution in [1.29, 1.82) is 0 Å². The summed E-state index contributed by atoms with van der Waals surface area (Å²) in [6.45, 7) is 8.56. The molecule has 1 aromatic rings. The van der Waals surface area contributed by atoms with E-state index in [1.807, 2.05) is 20.9 Å². The van der Waals surface area contributed by atoms with Gasteiger partial charge in [0.25, 0.3) is 0 Å². The number of rotatable bonds is 6. The number of nitrogens with zero attached hydrogens (tertiary/aromatic N) is 1. The second-order valence-corrected chi connectivity index (χ2v) is 11.1. The van der Waals surface area contributed by atoms with Gasteiger partial charge < -0.3 is 9.47 Å². The van der Waals surface area contributed by atoms with E-state index in [4.69, 9.17) is 14.3 Å². The van der Waals surface area contributed by atoms with Crippen molar-refractivity contribution in [3.05, 3.63) is 28.7 Å². The van der Waals surface area contributed by atoms with Crippen molar-refractivity contribution in [2.75, 3.05) is 13.6 Å². The summed E-state index contributed by atoms with van der Waals surface area (Å²) >= 11 is 3.34. The van der Waals surface area contributed by atoms with Gasteiger partial charge in [-0.15, -0.1) is 0 Å². The third kappa shape index (κ3) is 4.11. The Morgan fingerprint density at radius 2 is 1.89 bits per heavy atom. The molecule has 0 amide bonds. The maximum atomic E-state index is 13.4. The van der Waals surface area contributed by atoms with Crippen molar-refractivity contribution in [3.63, 3.8) is 0 Å². The van der Waals surface area contributed by atoms with Crippen LogP contribution in [0.25, 0.3) is 0 Å². The molecule has 2 saturated heterocycles. The summed E-state index contributed by atoms with van der Waals surface area (Å²) in [6.07, 6.45) is -0.514. The molecule has 8 heteroatoms. The van der Waals surface area contributed by atoms with Crippen LogP contribution in [0.5, 0.6) is 0 Å². The smallest absolute Gasteiger partial charge is 0.208 e. The van der Waals surface area contributed by atoms with Crippen molar-refractivity contribution in [2.24, 2.45) is 5.92 Å². The Morgan fingerprint density at radius 3 is 2.44 bits per heavy atom. The fourth-order valence-corrected chi connectivity index (χ4v) is 5.99. The minimum Gasteiger partial charge on any atom is -0.370 e. The highest BCUT2D eigenvalue weighted by atomic mass is 79.9. The van der Waals surface area contributed by atoms with E-state index in [2.05, 4.69) is 29.8 Å². The predicted molar refractivity (Wildman–Crippen MR) is 106 cm³/mol. The zero-order valence-electron chi connectivity index (χ0n) is 16.4. The van der Waals surface area contributed by atoms with Gasteiger partial charge in [-0.3, -0.25) is 4.84 Å². The third-order valence-corrected chi connectivity index (χ3v) is 7.28. The molecule has 0 N–H and O–H groups in total. The quantitative estimate of drug-likeness (QED) is 0.646. The van der Waals surface area contributed by atoms with E-state index >= 15 is 0 Å². The number of benzene rings is 1. The molecule has 4 atom stereocenters. The van der Waals surface area contributed by atoms with Crippen LogP contribution < -0.4 is 0 Å². The Hall–Kier alpha value is -0.510. The van der Waals surface area contributed by atoms with Crippen LogP contribution in [0.4, 0.5) is 0 Å². The molecule has 0 spiro atoms. The third-order valence-electron chi connectivity index (χ3n) is 4.85. The lowest BCUT2D eigenvalue weighted by molar-refractivity contribution is -0.268. The van der Waals surface area contributed by atoms with Crippen LogP contribution in [0.15, 0.2) is 33.6 Å². The van der Waals surface area contributed by atoms with E-state index < -0.39 is 33.1 Å². The minimum absolute atomic E-state index is 0.0613. The summed E-state index contributed by atoms with van der Waals surface area (Å²) in [5.74, 6) is 0.324. The Morgan fingerprint density at radius 1 is 1.26 bits per heavy atom. The molecule has 2 heterocycles. The lowest BCUT2D eigenvalue weighted by atomic mass is 9.85. The van der Waals surface area contributed by atoms with Crippen LogP contribution in [-0.2, 0) is 24.1 Å². The first kappa shape index (κ1) is 21.2. The lowest BCUT2D eigenvalue weighted by Crippen LogP contribution is -2.59. The molecule has 1 aromatic carbocycles. The number of hydrogen-bond donors (Lipinski definition) is 0. The highest BCUT2D eigenvalue weighted by Crippen LogP contribution is 2.46. The van der Waals surface area contributed by atoms with E-state index in [1.54, 1.807) is 29.3 Å². The Bertz CT molecular complexity index is 763. The van der Waals surface area contributed by atoms with Crippen molar-refractivity contribution in [2.45, 2.75) is 68.4 Å². The van der Waals surface area contributed by atoms with Gasteiger partial charge in [0.05, 0.1) is 17.5 Å². The molecular weight excluding hydrogens is 434 g/mol. The summed E-state index contributed by atoms with van der Waals surface area (Å²) < 4.78 is 40.0. The summed E-state index contributed by atoms with van der Waals surface area (Å²) in [5, 5.41) is 1.68. The van der Waals surface area contributed by atoms with Crippen LogP contribution in [0.2, 0.25) is 0 Å². The van der Waals surface area contributed by atoms with Crippen LogP contribution in [0, 0.1) is 5.92 Å². The van der Waals surface area contributed by atoms with Gasteiger partial charge in [-0.25, -0.2) is 8.42 Å². The van der Waals surface area contributed by atoms with E-state index in [9.17, 15) is 8.42 Å². The van der Waals surface area contributed by atoms with Gasteiger partial charge in [0.2, 0.25) is 9.84 Å². The summed E-state index contributed by atoms with van der Waals surface area (Å²) in [4.78, 5) is 6.16. The zero-order valence-corrected chi connectivity index (χ0v) is 18.8. The molecule has 3 rings (SSSR count). The van der Waals surface area contributed by atoms with Crippen LogP contribution >= 0.6 is 15.9 Å². The average molecular weight is 462 g/mol. The zero-order chi connectivity index (χ0) is 20.0. The van der Waals surface area contributed by atoms with Crippen molar-refractivity contribution in [3.8, 4) is 0 Å². The molecule has 2 aliphatic heterocycles. The normalized spacial score (nSPS) is 31.8. The number of ether oxygens (including phenoxy) is 2. The van der Waals surface area contributed by atoms with E-state index in [-0.39, 0.29) is 11.0 Å². The van der Waals surface area contributed by atoms with Gasteiger partial charge in [-0.2, -0.15) is 5.06 Å². The van der Waals surface area contributed by atoms with Gasteiger partial charge >= 0.3 is 0 Å². The number of fused-ring (bicyclic) bond motifs is 2. The van der Waals surface area contributed by atoms with Crippen molar-refractivity contribution in [1.82, 2.24) is 5.06 Å². The van der Waals surface area contributed by atoms with Gasteiger partial charge in [0, 0.05) is 11.5 Å². The number of halogens is 1. The standard InChI is InChI=1S/C19H28BrNO5S/c1-12(2)10-19-11-21(5)26-16(17(19)24-13(3)4)18(25-19)27(22,23)15-8-6-14(20)7-9-15/h6-9,12-13,16-18H,10-11H2,1-5H3/t16-,17?,18-,19-/m0/s1. The molecule has 2 aliphatic rings. The Labute approximate surface area is 170 Å². The monoisotopic (exact) mass is 461 g/mol. The summed E-state index contributed by atoms with van der Waals surface area (Å²) in [7, 11) is -1.94. The molecule has 0 saturated carbocycles. The molecule has 27 heavy (non-hydrogen) atoms. The SMILES string of the molecule is CC(C)C[C@]12CN(C)O[C@@H](C1OC(C)C)[C@H](S(=O)(=O)c1ccc(Br)cc1)O2. The predicted octanol–water partition coefficient (Wildman–Crippen LogP) is 3.40. The molecule has 0 radical (unpaired) electrons. The first-order valence-corrected chi connectivity index (χ1v) is 11.6. The maximum Gasteiger partial charge on any atom is 0.208 e. The molecule has 2 fully saturated rings. The topological polar surface area (TPSA) is 65.1 Å². The van der Waals surface area contributed by atoms with Gasteiger partial charge in [0.15, 0.2) is 5.44 Å². The molecule has 0 aromatic heterocycles. The second-order valence-electron chi connectivity index (χ2n) is 8.11. The molecular formula is C19H28BrNO5S. The average Bonchev–Trinajstić information content (AvgIpc) is 2.72. The fraction of sp³-hybridized carbons (Fsp3) is 0.684. The minimum atomic E-state index is -3.75. The first-order chi connectivity index (χ1) is 12.5. The van der Waals surface area contributed by atoms with Crippen molar-refractivity contribution < 1.29 is 22.7 Å². The van der Waals surface area contributed by atoms with Crippen LogP contribution in [0.3, 0.4) is 0 Å². The van der Waals surface area contributed by atoms with Gasteiger partial charge in [-0.1, -0.05) is 29.8 Å². The number of sulfone groups is 1. The number of hydrogen-bond acceptors (Lipinski definition) is 6. The first-order valence-electron chi connectivity index (χ1n) is 9.26. The Balaban J connectivity index is 2.03. The number of likely N-dealkylation sites (N-methyl/N-ethyl adjacent to an activating group) is 1. The summed E-state index contributed by atoms with van der Waals surface area (Å²) in [6, 6.07) is 6.60. The molecule has 6 nitrogen and oxygen atoms in total. The highest BCUT2D eigenvalue weighted by Gasteiger charge is 2.64. The lowest BCUT2D eigenvalue weighted by Gasteiger charge is -2.43. The molecule has 2 bridgehead atoms. The van der Waals surface area contributed by atoms with Crippen molar-refractivity contribution >= 4 is 25.8 Å². The van der Waals surface area contributed by atoms with Crippen LogP contribution in [-0.4, -0.2) is 56.4 Å². The fourth-order valence-electron chi connectivity index (χ4n) is 4.07. The van der Waals surface area contributed by atoms with Crippen LogP contribution in [0.1, 0.15) is 34.1 Å². The van der Waals surface area contributed by atoms with E-state index in [0.29, 0.717) is 18.9 Å². The van der Waals surface area contributed by atoms with E-state index in [0.717, 1.165) is 4.47 Å². The summed E-state index contributed by atoms with van der Waals surface area (Å²) in [5.41, 5.74) is -1.82. The number of hydroxylamine groups is 2. The largest absolute Gasteiger partial charge is 0.370 e. The maximum absolute atomic E-state index is 13.4.